The molecule has 0 radical (unpaired) electrons. The van der Waals surface area contributed by atoms with Crippen LogP contribution in [0.4, 0.5) is 4.39 Å². The molecule has 21 heavy (non-hydrogen) atoms. The molecule has 1 saturated carbocycles. The van der Waals surface area contributed by atoms with Gasteiger partial charge in [-0.15, -0.1) is 0 Å². The predicted molar refractivity (Wildman–Crippen MR) is 91.0 cm³/mol. The first-order valence-corrected chi connectivity index (χ1v) is 9.03. The highest BCUT2D eigenvalue weighted by atomic mass is 79.9. The quantitative estimate of drug-likeness (QED) is 0.704. The molecule has 118 valence electrons. The fourth-order valence-electron chi connectivity index (χ4n) is 3.37. The summed E-state index contributed by atoms with van der Waals surface area (Å²) in [4.78, 5) is 0. The SMILES string of the molecule is CC(C)NCC1CCCCCC1Cc1cc(Br)ccc1F. The third-order valence-electron chi connectivity index (χ3n) is 4.59. The lowest BCUT2D eigenvalue weighted by atomic mass is 9.83. The largest absolute Gasteiger partial charge is 0.314 e. The second-order valence-electron chi connectivity index (χ2n) is 6.66. The van der Waals surface area contributed by atoms with Crippen molar-refractivity contribution in [3.63, 3.8) is 0 Å². The van der Waals surface area contributed by atoms with E-state index < -0.39 is 0 Å². The maximum absolute atomic E-state index is 14.0. The van der Waals surface area contributed by atoms with E-state index in [0.717, 1.165) is 23.0 Å². The van der Waals surface area contributed by atoms with Gasteiger partial charge in [0.15, 0.2) is 0 Å². The van der Waals surface area contributed by atoms with Crippen LogP contribution in [0.25, 0.3) is 0 Å². The van der Waals surface area contributed by atoms with E-state index in [1.165, 1.54) is 32.1 Å². The third-order valence-corrected chi connectivity index (χ3v) is 5.09. The van der Waals surface area contributed by atoms with E-state index in [2.05, 4.69) is 35.1 Å². The molecule has 1 aromatic carbocycles. The van der Waals surface area contributed by atoms with Crippen molar-refractivity contribution in [2.24, 2.45) is 11.8 Å². The van der Waals surface area contributed by atoms with Gasteiger partial charge in [0.2, 0.25) is 0 Å². The van der Waals surface area contributed by atoms with Gasteiger partial charge >= 0.3 is 0 Å². The molecular formula is C18H27BrFN. The molecule has 2 atom stereocenters. The van der Waals surface area contributed by atoms with Crippen LogP contribution >= 0.6 is 15.9 Å². The summed E-state index contributed by atoms with van der Waals surface area (Å²) in [6.07, 6.45) is 7.32. The Labute approximate surface area is 136 Å². The Morgan fingerprint density at radius 1 is 1.19 bits per heavy atom. The number of hydrogen-bond acceptors (Lipinski definition) is 1. The van der Waals surface area contributed by atoms with Crippen LogP contribution in [0.3, 0.4) is 0 Å². The Hall–Kier alpha value is -0.410. The van der Waals surface area contributed by atoms with Gasteiger partial charge in [-0.05, 0) is 61.4 Å². The average molecular weight is 356 g/mol. The lowest BCUT2D eigenvalue weighted by molar-refractivity contribution is 0.289. The minimum atomic E-state index is -0.0574. The molecule has 0 bridgehead atoms. The molecule has 2 rings (SSSR count). The molecule has 2 unspecified atom stereocenters. The first kappa shape index (κ1) is 17.0. The lowest BCUT2D eigenvalue weighted by Crippen LogP contribution is -2.33. The molecule has 1 aromatic rings. The van der Waals surface area contributed by atoms with E-state index in [4.69, 9.17) is 0 Å². The van der Waals surface area contributed by atoms with Crippen LogP contribution in [0.5, 0.6) is 0 Å². The average Bonchev–Trinajstić information content (AvgIpc) is 2.66. The predicted octanol–water partition coefficient (Wildman–Crippen LogP) is 5.33. The minimum Gasteiger partial charge on any atom is -0.314 e. The standard InChI is InChI=1S/C18H27BrFN/c1-13(2)21-12-15-7-5-3-4-6-14(15)10-16-11-17(19)8-9-18(16)20/h8-9,11,13-15,21H,3-7,10,12H2,1-2H3. The Kier molecular flexibility index (Phi) is 6.69. The van der Waals surface area contributed by atoms with Crippen molar-refractivity contribution < 1.29 is 4.39 Å². The minimum absolute atomic E-state index is 0.0574. The first-order valence-electron chi connectivity index (χ1n) is 8.23. The zero-order valence-electron chi connectivity index (χ0n) is 13.2. The highest BCUT2D eigenvalue weighted by Gasteiger charge is 2.24. The second kappa shape index (κ2) is 8.28. The molecule has 1 nitrogen and oxygen atoms in total. The monoisotopic (exact) mass is 355 g/mol. The van der Waals surface area contributed by atoms with Gasteiger partial charge in [0.05, 0.1) is 0 Å². The first-order chi connectivity index (χ1) is 10.1. The summed E-state index contributed by atoms with van der Waals surface area (Å²) in [6, 6.07) is 5.84. The summed E-state index contributed by atoms with van der Waals surface area (Å²) in [6.45, 7) is 5.46. The highest BCUT2D eigenvalue weighted by Crippen LogP contribution is 2.32. The van der Waals surface area contributed by atoms with Gasteiger partial charge in [-0.25, -0.2) is 4.39 Å². The van der Waals surface area contributed by atoms with Crippen LogP contribution in [-0.2, 0) is 6.42 Å². The van der Waals surface area contributed by atoms with E-state index in [0.29, 0.717) is 17.9 Å². The van der Waals surface area contributed by atoms with Gasteiger partial charge in [0.25, 0.3) is 0 Å². The molecule has 0 amide bonds. The maximum atomic E-state index is 14.0. The third kappa shape index (κ3) is 5.37. The van der Waals surface area contributed by atoms with Crippen LogP contribution in [0.15, 0.2) is 22.7 Å². The molecule has 3 heteroatoms. The Balaban J connectivity index is 2.07. The van der Waals surface area contributed by atoms with Gasteiger partial charge in [0, 0.05) is 10.5 Å². The summed E-state index contributed by atoms with van der Waals surface area (Å²) < 4.78 is 15.0. The van der Waals surface area contributed by atoms with Gasteiger partial charge in [-0.1, -0.05) is 49.0 Å². The molecular weight excluding hydrogens is 329 g/mol. The van der Waals surface area contributed by atoms with Crippen LogP contribution in [0, 0.1) is 17.7 Å². The lowest BCUT2D eigenvalue weighted by Gasteiger charge is -2.27. The van der Waals surface area contributed by atoms with Crippen molar-refractivity contribution in [1.82, 2.24) is 5.32 Å². The fraction of sp³-hybridized carbons (Fsp3) is 0.667. The Morgan fingerprint density at radius 3 is 2.62 bits per heavy atom. The molecule has 0 aliphatic heterocycles. The van der Waals surface area contributed by atoms with Crippen molar-refractivity contribution in [2.45, 2.75) is 58.4 Å². The van der Waals surface area contributed by atoms with Gasteiger partial charge < -0.3 is 5.32 Å². The maximum Gasteiger partial charge on any atom is 0.126 e. The zero-order chi connectivity index (χ0) is 15.2. The van der Waals surface area contributed by atoms with E-state index in [1.54, 1.807) is 12.1 Å². The van der Waals surface area contributed by atoms with Crippen molar-refractivity contribution in [2.75, 3.05) is 6.54 Å². The van der Waals surface area contributed by atoms with Crippen LogP contribution in [0.2, 0.25) is 0 Å². The summed E-state index contributed by atoms with van der Waals surface area (Å²) in [5, 5.41) is 3.58. The summed E-state index contributed by atoms with van der Waals surface area (Å²) in [5.74, 6) is 1.22. The van der Waals surface area contributed by atoms with Crippen molar-refractivity contribution in [3.8, 4) is 0 Å². The number of hydrogen-bond donors (Lipinski definition) is 1. The molecule has 1 fully saturated rings. The van der Waals surface area contributed by atoms with Crippen molar-refractivity contribution in [1.29, 1.82) is 0 Å². The Morgan fingerprint density at radius 2 is 1.90 bits per heavy atom. The number of nitrogens with one attached hydrogen (secondary N) is 1. The van der Waals surface area contributed by atoms with E-state index in [9.17, 15) is 4.39 Å². The number of rotatable bonds is 5. The van der Waals surface area contributed by atoms with Crippen LogP contribution in [-0.4, -0.2) is 12.6 Å². The van der Waals surface area contributed by atoms with Gasteiger partial charge in [-0.2, -0.15) is 0 Å². The summed E-state index contributed by atoms with van der Waals surface area (Å²) >= 11 is 3.46. The summed E-state index contributed by atoms with van der Waals surface area (Å²) in [5.41, 5.74) is 0.867. The van der Waals surface area contributed by atoms with E-state index in [-0.39, 0.29) is 5.82 Å². The van der Waals surface area contributed by atoms with Gasteiger partial charge in [0.1, 0.15) is 5.82 Å². The molecule has 0 heterocycles. The Bertz CT molecular complexity index is 447. The highest BCUT2D eigenvalue weighted by molar-refractivity contribution is 9.10. The molecule has 1 aliphatic carbocycles. The van der Waals surface area contributed by atoms with E-state index >= 15 is 0 Å². The summed E-state index contributed by atoms with van der Waals surface area (Å²) in [7, 11) is 0. The van der Waals surface area contributed by atoms with E-state index in [1.807, 2.05) is 6.07 Å². The normalized spacial score (nSPS) is 23.3. The molecule has 0 spiro atoms. The zero-order valence-corrected chi connectivity index (χ0v) is 14.8. The molecule has 1 N–H and O–H groups in total. The number of benzene rings is 1. The smallest absolute Gasteiger partial charge is 0.126 e. The second-order valence-corrected chi connectivity index (χ2v) is 7.58. The topological polar surface area (TPSA) is 12.0 Å². The fourth-order valence-corrected chi connectivity index (χ4v) is 3.78. The molecule has 1 aliphatic rings. The van der Waals surface area contributed by atoms with Crippen molar-refractivity contribution in [3.05, 3.63) is 34.1 Å². The van der Waals surface area contributed by atoms with Crippen LogP contribution < -0.4 is 5.32 Å². The molecule has 0 saturated heterocycles. The van der Waals surface area contributed by atoms with Crippen molar-refractivity contribution >= 4 is 15.9 Å². The van der Waals surface area contributed by atoms with Crippen LogP contribution in [0.1, 0.15) is 51.5 Å². The molecule has 0 aromatic heterocycles. The van der Waals surface area contributed by atoms with Gasteiger partial charge in [-0.3, -0.25) is 0 Å². The number of halogens is 2.